The minimum Gasteiger partial charge on any atom is -0.451 e. The highest BCUT2D eigenvalue weighted by Gasteiger charge is 2.11. The lowest BCUT2D eigenvalue weighted by Gasteiger charge is -1.97. The fourth-order valence-electron chi connectivity index (χ4n) is 2.14. The molecule has 1 aromatic heterocycles. The Morgan fingerprint density at radius 3 is 2.39 bits per heavy atom. The van der Waals surface area contributed by atoms with Crippen molar-refractivity contribution in [3.05, 3.63) is 84.1 Å². The van der Waals surface area contributed by atoms with E-state index in [0.29, 0.717) is 12.2 Å². The maximum atomic E-state index is 12.0. The molecule has 0 aliphatic heterocycles. The molecule has 0 saturated carbocycles. The zero-order chi connectivity index (χ0) is 15.9. The van der Waals surface area contributed by atoms with Crippen molar-refractivity contribution in [2.75, 3.05) is 0 Å². The molecule has 0 aliphatic carbocycles. The molecule has 4 nitrogen and oxygen atoms in total. The number of carbonyl (C=O) groups excluding carboxylic acids is 1. The van der Waals surface area contributed by atoms with Crippen LogP contribution in [-0.4, -0.2) is 12.1 Å². The van der Waals surface area contributed by atoms with Gasteiger partial charge in [0.05, 0.1) is 0 Å². The van der Waals surface area contributed by atoms with Crippen LogP contribution in [0.2, 0.25) is 0 Å². The summed E-state index contributed by atoms with van der Waals surface area (Å²) in [4.78, 5) is 12.0. The van der Waals surface area contributed by atoms with Crippen LogP contribution in [0.5, 0.6) is 0 Å². The molecule has 0 radical (unpaired) electrons. The van der Waals surface area contributed by atoms with Gasteiger partial charge in [-0.1, -0.05) is 60.7 Å². The molecular formula is C19H16N2O2. The number of nitrogens with one attached hydrogen (secondary N) is 1. The second-order valence-electron chi connectivity index (χ2n) is 4.97. The van der Waals surface area contributed by atoms with Crippen LogP contribution in [0.3, 0.4) is 0 Å². The summed E-state index contributed by atoms with van der Waals surface area (Å²) >= 11 is 0. The van der Waals surface area contributed by atoms with Crippen molar-refractivity contribution >= 4 is 12.1 Å². The van der Waals surface area contributed by atoms with E-state index in [0.717, 1.165) is 11.1 Å². The number of nitrogens with zero attached hydrogens (tertiary/aromatic N) is 1. The van der Waals surface area contributed by atoms with Crippen molar-refractivity contribution in [1.29, 1.82) is 0 Å². The fraction of sp³-hybridized carbons (Fsp3) is 0.0526. The molecule has 0 aliphatic rings. The molecule has 2 aromatic carbocycles. The summed E-state index contributed by atoms with van der Waals surface area (Å²) in [6.45, 7) is 0. The molecule has 1 N–H and O–H groups in total. The van der Waals surface area contributed by atoms with Gasteiger partial charge in [0, 0.05) is 18.2 Å². The van der Waals surface area contributed by atoms with Gasteiger partial charge in [-0.15, -0.1) is 0 Å². The quantitative estimate of drug-likeness (QED) is 0.574. The Labute approximate surface area is 134 Å². The van der Waals surface area contributed by atoms with Gasteiger partial charge in [0.25, 0.3) is 0 Å². The highest BCUT2D eigenvalue weighted by atomic mass is 16.4. The summed E-state index contributed by atoms with van der Waals surface area (Å²) in [6, 6.07) is 23.0. The first-order valence-electron chi connectivity index (χ1n) is 7.34. The molecule has 4 heteroatoms. The predicted octanol–water partition coefficient (Wildman–Crippen LogP) is 3.90. The van der Waals surface area contributed by atoms with E-state index < -0.39 is 0 Å². The van der Waals surface area contributed by atoms with Gasteiger partial charge >= 0.3 is 5.91 Å². The Kier molecular flexibility index (Phi) is 4.64. The maximum Gasteiger partial charge on any atom is 0.307 e. The number of carbonyl (C=O) groups is 1. The van der Waals surface area contributed by atoms with Gasteiger partial charge in [0.15, 0.2) is 5.76 Å². The number of rotatable bonds is 5. The van der Waals surface area contributed by atoms with E-state index >= 15 is 0 Å². The third-order valence-electron chi connectivity index (χ3n) is 3.32. The molecule has 3 rings (SSSR count). The monoisotopic (exact) mass is 304 g/mol. The topological polar surface area (TPSA) is 54.6 Å². The lowest BCUT2D eigenvalue weighted by molar-refractivity contribution is 0.0928. The molecule has 0 saturated heterocycles. The number of hydrogen-bond donors (Lipinski definition) is 1. The Morgan fingerprint density at radius 1 is 0.957 bits per heavy atom. The maximum absolute atomic E-state index is 12.0. The van der Waals surface area contributed by atoms with E-state index in [9.17, 15) is 4.79 Å². The Hall–Kier alpha value is -3.14. The summed E-state index contributed by atoms with van der Waals surface area (Å²) in [6.07, 6.45) is 2.32. The molecule has 114 valence electrons. The highest BCUT2D eigenvalue weighted by Crippen LogP contribution is 2.21. The average molecular weight is 304 g/mol. The van der Waals surface area contributed by atoms with Crippen LogP contribution in [0, 0.1) is 0 Å². The summed E-state index contributed by atoms with van der Waals surface area (Å²) in [7, 11) is 0. The number of benzene rings is 2. The van der Waals surface area contributed by atoms with Crippen molar-refractivity contribution in [3.8, 4) is 11.3 Å². The lowest BCUT2D eigenvalue weighted by Crippen LogP contribution is -2.16. The minimum atomic E-state index is -0.364. The third kappa shape index (κ3) is 3.95. The second-order valence-corrected chi connectivity index (χ2v) is 4.97. The first kappa shape index (κ1) is 14.8. The van der Waals surface area contributed by atoms with Gasteiger partial charge in [-0.3, -0.25) is 4.79 Å². The largest absolute Gasteiger partial charge is 0.451 e. The van der Waals surface area contributed by atoms with E-state index in [1.165, 1.54) is 0 Å². The molecule has 0 atom stereocenters. The van der Waals surface area contributed by atoms with Crippen LogP contribution in [-0.2, 0) is 6.42 Å². The number of amides is 1. The molecule has 0 fully saturated rings. The SMILES string of the molecule is O=C(N/N=C/Cc1ccccc1)c1ccc(-c2ccccc2)o1. The second kappa shape index (κ2) is 7.22. The normalized spacial score (nSPS) is 10.8. The molecule has 0 unspecified atom stereocenters. The van der Waals surface area contributed by atoms with Crippen LogP contribution in [0.15, 0.2) is 82.3 Å². The highest BCUT2D eigenvalue weighted by molar-refractivity contribution is 5.92. The summed E-state index contributed by atoms with van der Waals surface area (Å²) in [5.74, 6) is 0.529. The zero-order valence-corrected chi connectivity index (χ0v) is 12.5. The van der Waals surface area contributed by atoms with Crippen LogP contribution in [0.1, 0.15) is 16.1 Å². The minimum absolute atomic E-state index is 0.237. The number of hydrazone groups is 1. The van der Waals surface area contributed by atoms with E-state index in [1.54, 1.807) is 18.3 Å². The van der Waals surface area contributed by atoms with E-state index in [4.69, 9.17) is 4.42 Å². The Bertz CT molecular complexity index is 793. The van der Waals surface area contributed by atoms with Gasteiger partial charge in [-0.05, 0) is 17.7 Å². The van der Waals surface area contributed by atoms with Gasteiger partial charge in [-0.2, -0.15) is 5.10 Å². The van der Waals surface area contributed by atoms with Crippen molar-refractivity contribution in [2.45, 2.75) is 6.42 Å². The van der Waals surface area contributed by atoms with Crippen LogP contribution >= 0.6 is 0 Å². The third-order valence-corrected chi connectivity index (χ3v) is 3.32. The molecule has 0 spiro atoms. The molecule has 1 heterocycles. The smallest absolute Gasteiger partial charge is 0.307 e. The first-order valence-corrected chi connectivity index (χ1v) is 7.34. The van der Waals surface area contributed by atoms with Crippen molar-refractivity contribution in [3.63, 3.8) is 0 Å². The number of hydrogen-bond acceptors (Lipinski definition) is 3. The van der Waals surface area contributed by atoms with Gasteiger partial charge in [0.1, 0.15) is 5.76 Å². The Balaban J connectivity index is 1.58. The molecule has 0 bridgehead atoms. The van der Waals surface area contributed by atoms with Crippen molar-refractivity contribution < 1.29 is 9.21 Å². The van der Waals surface area contributed by atoms with Crippen molar-refractivity contribution in [2.24, 2.45) is 5.10 Å². The number of furan rings is 1. The Morgan fingerprint density at radius 2 is 1.65 bits per heavy atom. The fourth-order valence-corrected chi connectivity index (χ4v) is 2.14. The zero-order valence-electron chi connectivity index (χ0n) is 12.5. The molecule has 3 aromatic rings. The van der Waals surface area contributed by atoms with Gasteiger partial charge < -0.3 is 4.42 Å². The van der Waals surface area contributed by atoms with Gasteiger partial charge in [-0.25, -0.2) is 5.43 Å². The molecule has 23 heavy (non-hydrogen) atoms. The van der Waals surface area contributed by atoms with Crippen LogP contribution in [0.25, 0.3) is 11.3 Å². The van der Waals surface area contributed by atoms with Crippen LogP contribution in [0.4, 0.5) is 0 Å². The predicted molar refractivity (Wildman–Crippen MR) is 90.2 cm³/mol. The summed E-state index contributed by atoms with van der Waals surface area (Å²) in [5.41, 5.74) is 4.53. The van der Waals surface area contributed by atoms with E-state index in [2.05, 4.69) is 10.5 Å². The van der Waals surface area contributed by atoms with E-state index in [-0.39, 0.29) is 11.7 Å². The van der Waals surface area contributed by atoms with Crippen LogP contribution < -0.4 is 5.43 Å². The van der Waals surface area contributed by atoms with E-state index in [1.807, 2.05) is 60.7 Å². The summed E-state index contributed by atoms with van der Waals surface area (Å²) < 4.78 is 5.56. The van der Waals surface area contributed by atoms with Crippen molar-refractivity contribution in [1.82, 2.24) is 5.43 Å². The molecule has 1 amide bonds. The average Bonchev–Trinajstić information content (AvgIpc) is 3.10. The first-order chi connectivity index (χ1) is 11.3. The standard InChI is InChI=1S/C19H16N2O2/c22-19(21-20-14-13-15-7-3-1-4-8-15)18-12-11-17(23-18)16-9-5-2-6-10-16/h1-12,14H,13H2,(H,21,22)/b20-14+. The lowest BCUT2D eigenvalue weighted by atomic mass is 10.2. The summed E-state index contributed by atoms with van der Waals surface area (Å²) in [5, 5.41) is 3.94. The molecular weight excluding hydrogens is 288 g/mol. The van der Waals surface area contributed by atoms with Gasteiger partial charge in [0.2, 0.25) is 0 Å².